The van der Waals surface area contributed by atoms with Crippen LogP contribution in [0.15, 0.2) is 18.2 Å². The van der Waals surface area contributed by atoms with Crippen molar-refractivity contribution in [1.82, 2.24) is 15.1 Å². The number of nitrogens with two attached hydrogens (primary N) is 1. The molecule has 3 amide bonds. The number of amides is 3. The summed E-state index contributed by atoms with van der Waals surface area (Å²) in [5.41, 5.74) is 8.88. The van der Waals surface area contributed by atoms with Gasteiger partial charge in [0, 0.05) is 43.2 Å². The SMILES string of the molecule is CC1(C)CC(N)CCN1Cc1ccc2c(c1)C(=O)N(C1CCC(=O)NC1=O)C2. The summed E-state index contributed by atoms with van der Waals surface area (Å²) in [7, 11) is 0. The van der Waals surface area contributed by atoms with Crippen LogP contribution in [0.2, 0.25) is 0 Å². The Kier molecular flexibility index (Phi) is 4.75. The number of nitrogens with one attached hydrogen (secondary N) is 1. The number of nitrogens with zero attached hydrogens (tertiary/aromatic N) is 2. The lowest BCUT2D eigenvalue weighted by molar-refractivity contribution is -0.136. The Bertz CT molecular complexity index is 835. The molecule has 2 unspecified atom stereocenters. The maximum absolute atomic E-state index is 13.0. The van der Waals surface area contributed by atoms with Crippen molar-refractivity contribution in [1.29, 1.82) is 0 Å². The number of hydrogen-bond acceptors (Lipinski definition) is 5. The number of fused-ring (bicyclic) bond motifs is 1. The molecule has 4 rings (SSSR count). The van der Waals surface area contributed by atoms with Crippen LogP contribution < -0.4 is 11.1 Å². The molecule has 3 aliphatic rings. The molecule has 2 fully saturated rings. The molecule has 0 aromatic heterocycles. The van der Waals surface area contributed by atoms with Crippen molar-refractivity contribution in [2.24, 2.45) is 5.73 Å². The average molecular weight is 384 g/mol. The Hall–Kier alpha value is -2.25. The lowest BCUT2D eigenvalue weighted by Crippen LogP contribution is -2.52. The van der Waals surface area contributed by atoms with E-state index in [-0.39, 0.29) is 35.7 Å². The lowest BCUT2D eigenvalue weighted by atomic mass is 9.87. The molecule has 28 heavy (non-hydrogen) atoms. The van der Waals surface area contributed by atoms with Crippen molar-refractivity contribution < 1.29 is 14.4 Å². The van der Waals surface area contributed by atoms with Gasteiger partial charge in [-0.1, -0.05) is 12.1 Å². The van der Waals surface area contributed by atoms with Crippen molar-refractivity contribution in [3.63, 3.8) is 0 Å². The summed E-state index contributed by atoms with van der Waals surface area (Å²) in [5, 5.41) is 2.34. The van der Waals surface area contributed by atoms with Crippen LogP contribution in [0, 0.1) is 0 Å². The van der Waals surface area contributed by atoms with Crippen molar-refractivity contribution >= 4 is 17.7 Å². The third-order valence-electron chi connectivity index (χ3n) is 6.35. The van der Waals surface area contributed by atoms with Gasteiger partial charge in [-0.2, -0.15) is 0 Å². The first-order valence-electron chi connectivity index (χ1n) is 10.0. The number of imide groups is 1. The van der Waals surface area contributed by atoms with Gasteiger partial charge in [-0.3, -0.25) is 24.6 Å². The van der Waals surface area contributed by atoms with E-state index in [1.165, 1.54) is 0 Å². The monoisotopic (exact) mass is 384 g/mol. The molecule has 0 bridgehead atoms. The van der Waals surface area contributed by atoms with Gasteiger partial charge in [-0.15, -0.1) is 0 Å². The van der Waals surface area contributed by atoms with Gasteiger partial charge in [-0.05, 0) is 50.3 Å². The summed E-state index contributed by atoms with van der Waals surface area (Å²) in [4.78, 5) is 40.6. The molecule has 1 aromatic rings. The minimum absolute atomic E-state index is 0.0272. The van der Waals surface area contributed by atoms with Crippen LogP contribution in [-0.4, -0.2) is 51.7 Å². The van der Waals surface area contributed by atoms with E-state index in [1.54, 1.807) is 4.90 Å². The highest BCUT2D eigenvalue weighted by molar-refractivity contribution is 6.05. The Balaban J connectivity index is 1.50. The molecule has 7 nitrogen and oxygen atoms in total. The Morgan fingerprint density at radius 2 is 2.00 bits per heavy atom. The fourth-order valence-electron chi connectivity index (χ4n) is 4.71. The van der Waals surface area contributed by atoms with E-state index in [1.807, 2.05) is 12.1 Å². The highest BCUT2D eigenvalue weighted by Gasteiger charge is 2.39. The van der Waals surface area contributed by atoms with Gasteiger partial charge in [0.1, 0.15) is 6.04 Å². The summed E-state index contributed by atoms with van der Waals surface area (Å²) in [6.07, 6.45) is 2.60. The summed E-state index contributed by atoms with van der Waals surface area (Å²) >= 11 is 0. The molecule has 0 saturated carbocycles. The molecule has 0 aliphatic carbocycles. The van der Waals surface area contributed by atoms with E-state index in [2.05, 4.69) is 30.1 Å². The maximum Gasteiger partial charge on any atom is 0.255 e. The largest absolute Gasteiger partial charge is 0.328 e. The summed E-state index contributed by atoms with van der Waals surface area (Å²) in [6.45, 7) is 6.58. The molecular weight excluding hydrogens is 356 g/mol. The normalized spacial score (nSPS) is 27.7. The fourth-order valence-corrected chi connectivity index (χ4v) is 4.71. The van der Waals surface area contributed by atoms with Gasteiger partial charge in [0.25, 0.3) is 5.91 Å². The molecule has 3 N–H and O–H groups in total. The van der Waals surface area contributed by atoms with Crippen LogP contribution in [0.25, 0.3) is 0 Å². The second-order valence-electron chi connectivity index (χ2n) is 8.88. The first-order chi connectivity index (χ1) is 13.2. The molecule has 1 aromatic carbocycles. The second kappa shape index (κ2) is 6.97. The predicted molar refractivity (Wildman–Crippen MR) is 104 cm³/mol. The van der Waals surface area contributed by atoms with Crippen LogP contribution in [0.4, 0.5) is 0 Å². The Labute approximate surface area is 165 Å². The topological polar surface area (TPSA) is 95.7 Å². The third kappa shape index (κ3) is 3.44. The van der Waals surface area contributed by atoms with Gasteiger partial charge < -0.3 is 10.6 Å². The zero-order valence-electron chi connectivity index (χ0n) is 16.5. The minimum Gasteiger partial charge on any atom is -0.328 e. The number of carbonyl (C=O) groups is 3. The number of piperidine rings is 2. The van der Waals surface area contributed by atoms with E-state index in [9.17, 15) is 14.4 Å². The zero-order valence-corrected chi connectivity index (χ0v) is 16.5. The molecule has 0 spiro atoms. The fraction of sp³-hybridized carbons (Fsp3) is 0.571. The van der Waals surface area contributed by atoms with Gasteiger partial charge in [-0.25, -0.2) is 0 Å². The number of carbonyl (C=O) groups excluding carboxylic acids is 3. The molecule has 150 valence electrons. The standard InChI is InChI=1S/C21H28N4O3/c1-21(2)10-15(22)7-8-24(21)11-13-3-4-14-12-25(20(28)16(14)9-13)17-5-6-18(26)23-19(17)27/h3-4,9,15,17H,5-8,10-12,22H2,1-2H3,(H,23,26,27). The van der Waals surface area contributed by atoms with E-state index < -0.39 is 6.04 Å². The van der Waals surface area contributed by atoms with Crippen LogP contribution in [-0.2, 0) is 22.7 Å². The average Bonchev–Trinajstić information content (AvgIpc) is 2.93. The molecule has 0 radical (unpaired) electrons. The summed E-state index contributed by atoms with van der Waals surface area (Å²) < 4.78 is 0. The summed E-state index contributed by atoms with van der Waals surface area (Å²) in [5.74, 6) is -0.758. The lowest BCUT2D eigenvalue weighted by Gasteiger charge is -2.45. The molecule has 2 saturated heterocycles. The van der Waals surface area contributed by atoms with Crippen molar-refractivity contribution in [3.8, 4) is 0 Å². The van der Waals surface area contributed by atoms with E-state index in [4.69, 9.17) is 5.73 Å². The van der Waals surface area contributed by atoms with Gasteiger partial charge in [0.15, 0.2) is 0 Å². The number of likely N-dealkylation sites (tertiary alicyclic amines) is 1. The molecule has 2 atom stereocenters. The molecule has 3 aliphatic heterocycles. The molecular formula is C21H28N4O3. The maximum atomic E-state index is 13.0. The Morgan fingerprint density at radius 1 is 1.21 bits per heavy atom. The number of hydrogen-bond donors (Lipinski definition) is 2. The number of rotatable bonds is 3. The van der Waals surface area contributed by atoms with Gasteiger partial charge in [0.05, 0.1) is 0 Å². The van der Waals surface area contributed by atoms with Crippen molar-refractivity contribution in [2.75, 3.05) is 6.54 Å². The van der Waals surface area contributed by atoms with E-state index in [0.29, 0.717) is 18.5 Å². The minimum atomic E-state index is -0.566. The van der Waals surface area contributed by atoms with E-state index in [0.717, 1.165) is 37.1 Å². The van der Waals surface area contributed by atoms with E-state index >= 15 is 0 Å². The van der Waals surface area contributed by atoms with Crippen molar-refractivity contribution in [2.45, 2.75) is 70.2 Å². The zero-order chi connectivity index (χ0) is 20.1. The van der Waals surface area contributed by atoms with Crippen LogP contribution in [0.1, 0.15) is 61.0 Å². The quantitative estimate of drug-likeness (QED) is 0.762. The molecule has 3 heterocycles. The first kappa shape index (κ1) is 19.1. The summed E-state index contributed by atoms with van der Waals surface area (Å²) in [6, 6.07) is 5.72. The van der Waals surface area contributed by atoms with Crippen LogP contribution >= 0.6 is 0 Å². The number of benzene rings is 1. The van der Waals surface area contributed by atoms with Crippen molar-refractivity contribution in [3.05, 3.63) is 34.9 Å². The second-order valence-corrected chi connectivity index (χ2v) is 8.88. The van der Waals surface area contributed by atoms with Gasteiger partial charge in [0.2, 0.25) is 11.8 Å². The van der Waals surface area contributed by atoms with Crippen LogP contribution in [0.5, 0.6) is 0 Å². The smallest absolute Gasteiger partial charge is 0.255 e. The van der Waals surface area contributed by atoms with Gasteiger partial charge >= 0.3 is 0 Å². The third-order valence-corrected chi connectivity index (χ3v) is 6.35. The highest BCUT2D eigenvalue weighted by Crippen LogP contribution is 2.31. The highest BCUT2D eigenvalue weighted by atomic mass is 16.2. The first-order valence-corrected chi connectivity index (χ1v) is 10.0. The Morgan fingerprint density at radius 3 is 2.71 bits per heavy atom. The predicted octanol–water partition coefficient (Wildman–Crippen LogP) is 1.15. The van der Waals surface area contributed by atoms with Crippen LogP contribution in [0.3, 0.4) is 0 Å². The molecule has 7 heteroatoms.